The molecule has 0 aliphatic heterocycles. The van der Waals surface area contributed by atoms with Crippen molar-refractivity contribution in [3.8, 4) is 0 Å². The first kappa shape index (κ1) is 31.2. The van der Waals surface area contributed by atoms with Gasteiger partial charge in [0.2, 0.25) is 11.8 Å². The third kappa shape index (κ3) is 7.86. The second kappa shape index (κ2) is 12.4. The van der Waals surface area contributed by atoms with E-state index in [9.17, 15) is 18.0 Å². The van der Waals surface area contributed by atoms with Gasteiger partial charge in [0.25, 0.3) is 10.0 Å². The van der Waals surface area contributed by atoms with E-state index in [0.29, 0.717) is 10.7 Å². The Balaban J connectivity index is 2.06. The van der Waals surface area contributed by atoms with Gasteiger partial charge in [-0.1, -0.05) is 47.5 Å². The molecule has 7 nitrogen and oxygen atoms in total. The Kier molecular flexibility index (Phi) is 9.69. The van der Waals surface area contributed by atoms with Crippen LogP contribution in [0.25, 0.3) is 0 Å². The van der Waals surface area contributed by atoms with Crippen LogP contribution in [0, 0.1) is 20.8 Å². The molecule has 0 aliphatic carbocycles. The van der Waals surface area contributed by atoms with Crippen LogP contribution in [-0.4, -0.2) is 43.3 Å². The molecular weight excluding hydrogens is 546 g/mol. The highest BCUT2D eigenvalue weighted by Crippen LogP contribution is 2.27. The molecule has 2 amide bonds. The zero-order valence-electron chi connectivity index (χ0n) is 24.2. The number of nitrogens with zero attached hydrogens (tertiary/aromatic N) is 2. The lowest BCUT2D eigenvalue weighted by atomic mass is 10.1. The lowest BCUT2D eigenvalue weighted by Gasteiger charge is -2.33. The predicted octanol–water partition coefficient (Wildman–Crippen LogP) is 5.79. The average molecular weight is 584 g/mol. The Labute approximate surface area is 243 Å². The number of rotatable bonds is 9. The molecule has 1 atom stereocenters. The van der Waals surface area contributed by atoms with E-state index in [1.807, 2.05) is 71.9 Å². The molecule has 40 heavy (non-hydrogen) atoms. The Morgan fingerprint density at radius 1 is 0.900 bits per heavy atom. The van der Waals surface area contributed by atoms with Crippen LogP contribution < -0.4 is 9.62 Å². The second-order valence-corrected chi connectivity index (χ2v) is 13.5. The molecule has 9 heteroatoms. The number of anilines is 1. The van der Waals surface area contributed by atoms with Gasteiger partial charge in [0, 0.05) is 17.1 Å². The molecule has 3 aromatic carbocycles. The van der Waals surface area contributed by atoms with Crippen molar-refractivity contribution in [3.63, 3.8) is 0 Å². The summed E-state index contributed by atoms with van der Waals surface area (Å²) in [7, 11) is -4.16. The number of sulfonamides is 1. The summed E-state index contributed by atoms with van der Waals surface area (Å²) in [6.45, 7) is 12.7. The maximum atomic E-state index is 14.0. The van der Waals surface area contributed by atoms with Crippen LogP contribution in [0.4, 0.5) is 5.69 Å². The fourth-order valence-electron chi connectivity index (χ4n) is 4.09. The molecule has 0 spiro atoms. The average Bonchev–Trinajstić information content (AvgIpc) is 2.87. The fraction of sp³-hybridized carbons (Fsp3) is 0.355. The van der Waals surface area contributed by atoms with Gasteiger partial charge in [-0.05, 0) is 102 Å². The summed E-state index contributed by atoms with van der Waals surface area (Å²) in [6, 6.07) is 17.9. The highest BCUT2D eigenvalue weighted by Gasteiger charge is 2.33. The molecule has 0 radical (unpaired) electrons. The number of carbonyl (C=O) groups is 2. The quantitative estimate of drug-likeness (QED) is 0.345. The lowest BCUT2D eigenvalue weighted by molar-refractivity contribution is -0.140. The highest BCUT2D eigenvalue weighted by atomic mass is 35.5. The monoisotopic (exact) mass is 583 g/mol. The summed E-state index contributed by atoms with van der Waals surface area (Å²) in [5.74, 6) is -0.834. The van der Waals surface area contributed by atoms with Crippen LogP contribution >= 0.6 is 11.6 Å². The van der Waals surface area contributed by atoms with E-state index < -0.39 is 34.1 Å². The SMILES string of the molecule is Cc1ccc(CN(C(=O)CN(c2ccc(C)c(C)c2)S(=O)(=O)c2ccc(Cl)cc2)[C@H](C)C(=O)NC(C)(C)C)cc1. The molecule has 0 heterocycles. The smallest absolute Gasteiger partial charge is 0.264 e. The molecule has 214 valence electrons. The van der Waals surface area contributed by atoms with Gasteiger partial charge in [-0.25, -0.2) is 8.42 Å². The summed E-state index contributed by atoms with van der Waals surface area (Å²) in [6.07, 6.45) is 0. The van der Waals surface area contributed by atoms with Crippen molar-refractivity contribution in [2.24, 2.45) is 0 Å². The Bertz CT molecular complexity index is 1460. The summed E-state index contributed by atoms with van der Waals surface area (Å²) < 4.78 is 28.9. The molecule has 0 saturated carbocycles. The highest BCUT2D eigenvalue weighted by molar-refractivity contribution is 7.92. The van der Waals surface area contributed by atoms with Crippen molar-refractivity contribution in [2.75, 3.05) is 10.8 Å². The lowest BCUT2D eigenvalue weighted by Crippen LogP contribution is -2.54. The Morgan fingerprint density at radius 2 is 1.50 bits per heavy atom. The van der Waals surface area contributed by atoms with Crippen molar-refractivity contribution >= 4 is 39.1 Å². The summed E-state index contributed by atoms with van der Waals surface area (Å²) >= 11 is 6.01. The second-order valence-electron chi connectivity index (χ2n) is 11.2. The maximum absolute atomic E-state index is 14.0. The minimum absolute atomic E-state index is 0.00605. The van der Waals surface area contributed by atoms with E-state index in [4.69, 9.17) is 11.6 Å². The van der Waals surface area contributed by atoms with Gasteiger partial charge >= 0.3 is 0 Å². The largest absolute Gasteiger partial charge is 0.350 e. The minimum atomic E-state index is -4.16. The minimum Gasteiger partial charge on any atom is -0.350 e. The van der Waals surface area contributed by atoms with Gasteiger partial charge in [-0.15, -0.1) is 0 Å². The summed E-state index contributed by atoms with van der Waals surface area (Å²) in [5, 5.41) is 3.33. The van der Waals surface area contributed by atoms with Crippen LogP contribution in [0.2, 0.25) is 5.02 Å². The standard InChI is InChI=1S/C31H38ClN3O4S/c1-21-8-11-25(12-9-21)19-34(24(4)30(37)33-31(5,6)7)29(36)20-35(27-15-10-22(2)23(3)18-27)40(38,39)28-16-13-26(32)14-17-28/h8-18,24H,19-20H2,1-7H3,(H,33,37)/t24-/m1/s1. The molecule has 3 rings (SSSR count). The Morgan fingerprint density at radius 3 is 2.05 bits per heavy atom. The first-order valence-corrected chi connectivity index (χ1v) is 14.9. The van der Waals surface area contributed by atoms with Gasteiger partial charge in [-0.2, -0.15) is 0 Å². The van der Waals surface area contributed by atoms with Crippen molar-refractivity contribution in [1.29, 1.82) is 0 Å². The van der Waals surface area contributed by atoms with Gasteiger partial charge in [0.15, 0.2) is 0 Å². The van der Waals surface area contributed by atoms with Crippen molar-refractivity contribution in [2.45, 2.75) is 71.5 Å². The molecule has 0 unspecified atom stereocenters. The van der Waals surface area contributed by atoms with Crippen LogP contribution in [0.15, 0.2) is 71.6 Å². The molecule has 1 N–H and O–H groups in total. The third-order valence-electron chi connectivity index (χ3n) is 6.60. The first-order valence-electron chi connectivity index (χ1n) is 13.1. The van der Waals surface area contributed by atoms with E-state index in [-0.39, 0.29) is 17.3 Å². The topological polar surface area (TPSA) is 86.8 Å². The zero-order valence-corrected chi connectivity index (χ0v) is 25.7. The van der Waals surface area contributed by atoms with Crippen molar-refractivity contribution in [3.05, 3.63) is 94.0 Å². The fourth-order valence-corrected chi connectivity index (χ4v) is 5.62. The summed E-state index contributed by atoms with van der Waals surface area (Å²) in [5.41, 5.74) is 3.62. The number of amides is 2. The number of benzene rings is 3. The van der Waals surface area contributed by atoms with Gasteiger partial charge in [-0.3, -0.25) is 13.9 Å². The van der Waals surface area contributed by atoms with Gasteiger partial charge in [0.1, 0.15) is 12.6 Å². The Hall–Kier alpha value is -3.36. The molecule has 0 bridgehead atoms. The van der Waals surface area contributed by atoms with Gasteiger partial charge in [0.05, 0.1) is 10.6 Å². The molecule has 0 saturated heterocycles. The third-order valence-corrected chi connectivity index (χ3v) is 8.64. The maximum Gasteiger partial charge on any atom is 0.264 e. The van der Waals surface area contributed by atoms with E-state index in [0.717, 1.165) is 26.6 Å². The molecular formula is C31H38ClN3O4S. The molecule has 0 aromatic heterocycles. The molecule has 0 fully saturated rings. The van der Waals surface area contributed by atoms with E-state index >= 15 is 0 Å². The van der Waals surface area contributed by atoms with Crippen LogP contribution in [-0.2, 0) is 26.2 Å². The first-order chi connectivity index (χ1) is 18.6. The van der Waals surface area contributed by atoms with Crippen LogP contribution in [0.3, 0.4) is 0 Å². The van der Waals surface area contributed by atoms with E-state index in [2.05, 4.69) is 5.32 Å². The number of nitrogens with one attached hydrogen (secondary N) is 1. The zero-order chi connectivity index (χ0) is 29.8. The van der Waals surface area contributed by atoms with Gasteiger partial charge < -0.3 is 10.2 Å². The normalized spacial score (nSPS) is 12.5. The summed E-state index contributed by atoms with van der Waals surface area (Å²) in [4.78, 5) is 28.6. The predicted molar refractivity (Wildman–Crippen MR) is 161 cm³/mol. The number of aryl methyl sites for hydroxylation is 3. The van der Waals surface area contributed by atoms with Crippen molar-refractivity contribution < 1.29 is 18.0 Å². The number of halogens is 1. The van der Waals surface area contributed by atoms with Crippen LogP contribution in [0.1, 0.15) is 49.9 Å². The van der Waals surface area contributed by atoms with E-state index in [1.54, 1.807) is 19.1 Å². The number of carbonyl (C=O) groups excluding carboxylic acids is 2. The van der Waals surface area contributed by atoms with Crippen molar-refractivity contribution in [1.82, 2.24) is 10.2 Å². The molecule has 3 aromatic rings. The van der Waals surface area contributed by atoms with Crippen LogP contribution in [0.5, 0.6) is 0 Å². The number of hydrogen-bond acceptors (Lipinski definition) is 4. The molecule has 0 aliphatic rings. The number of hydrogen-bond donors (Lipinski definition) is 1. The van der Waals surface area contributed by atoms with E-state index in [1.165, 1.54) is 29.2 Å².